The molecule has 2 aromatic heterocycles. The van der Waals surface area contributed by atoms with Crippen molar-refractivity contribution in [2.45, 2.75) is 0 Å². The number of methoxy groups -OCH3 is 1. The SMILES string of the molecule is COc1nc2cncc(-c3cccc(F)c3F)c2c(=O)[nH]1. The Labute approximate surface area is 117 Å². The number of pyridine rings is 1. The fourth-order valence-corrected chi connectivity index (χ4v) is 2.08. The third-order valence-electron chi connectivity index (χ3n) is 3.03. The largest absolute Gasteiger partial charge is 0.468 e. The predicted molar refractivity (Wildman–Crippen MR) is 72.1 cm³/mol. The molecule has 0 aliphatic rings. The molecule has 0 unspecified atom stereocenters. The van der Waals surface area contributed by atoms with Crippen molar-refractivity contribution in [3.05, 3.63) is 52.6 Å². The van der Waals surface area contributed by atoms with Gasteiger partial charge in [0.2, 0.25) is 0 Å². The van der Waals surface area contributed by atoms with Gasteiger partial charge < -0.3 is 4.74 Å². The number of aromatic amines is 1. The minimum Gasteiger partial charge on any atom is -0.468 e. The predicted octanol–water partition coefficient (Wildman–Crippen LogP) is 2.27. The van der Waals surface area contributed by atoms with E-state index in [0.717, 1.165) is 6.07 Å². The summed E-state index contributed by atoms with van der Waals surface area (Å²) in [6.07, 6.45) is 2.65. The molecule has 3 rings (SSSR count). The van der Waals surface area contributed by atoms with Crippen molar-refractivity contribution in [2.75, 3.05) is 7.11 Å². The van der Waals surface area contributed by atoms with Crippen LogP contribution in [-0.2, 0) is 0 Å². The van der Waals surface area contributed by atoms with Crippen LogP contribution in [0.4, 0.5) is 8.78 Å². The van der Waals surface area contributed by atoms with Gasteiger partial charge in [0, 0.05) is 17.3 Å². The molecule has 1 aromatic carbocycles. The van der Waals surface area contributed by atoms with Gasteiger partial charge in [-0.3, -0.25) is 14.8 Å². The Kier molecular flexibility index (Phi) is 3.09. The summed E-state index contributed by atoms with van der Waals surface area (Å²) in [5, 5.41) is 0.121. The van der Waals surface area contributed by atoms with Crippen LogP contribution in [0.15, 0.2) is 35.4 Å². The van der Waals surface area contributed by atoms with Gasteiger partial charge in [-0.1, -0.05) is 12.1 Å². The molecule has 0 saturated heterocycles. The number of nitrogens with zero attached hydrogens (tertiary/aromatic N) is 2. The highest BCUT2D eigenvalue weighted by atomic mass is 19.2. The van der Waals surface area contributed by atoms with Crippen molar-refractivity contribution in [3.63, 3.8) is 0 Å². The quantitative estimate of drug-likeness (QED) is 0.786. The minimum absolute atomic E-state index is 0.0196. The topological polar surface area (TPSA) is 67.9 Å². The van der Waals surface area contributed by atoms with Crippen LogP contribution in [0.2, 0.25) is 0 Å². The monoisotopic (exact) mass is 289 g/mol. The molecule has 0 fully saturated rings. The van der Waals surface area contributed by atoms with Crippen LogP contribution in [0.1, 0.15) is 0 Å². The van der Waals surface area contributed by atoms with Crippen LogP contribution in [0.3, 0.4) is 0 Å². The van der Waals surface area contributed by atoms with Crippen LogP contribution < -0.4 is 10.3 Å². The first-order valence-corrected chi connectivity index (χ1v) is 5.98. The number of rotatable bonds is 2. The fraction of sp³-hybridized carbons (Fsp3) is 0.0714. The summed E-state index contributed by atoms with van der Waals surface area (Å²) in [5.74, 6) is -2.04. The Morgan fingerprint density at radius 3 is 2.76 bits per heavy atom. The molecule has 0 amide bonds. The molecule has 0 spiro atoms. The zero-order valence-electron chi connectivity index (χ0n) is 10.9. The third kappa shape index (κ3) is 2.12. The third-order valence-corrected chi connectivity index (χ3v) is 3.03. The maximum absolute atomic E-state index is 13.9. The molecule has 5 nitrogen and oxygen atoms in total. The molecule has 106 valence electrons. The van der Waals surface area contributed by atoms with E-state index in [0.29, 0.717) is 0 Å². The second kappa shape index (κ2) is 4.93. The van der Waals surface area contributed by atoms with Crippen molar-refractivity contribution in [2.24, 2.45) is 0 Å². The lowest BCUT2D eigenvalue weighted by atomic mass is 10.0. The number of benzene rings is 1. The first kappa shape index (κ1) is 13.2. The van der Waals surface area contributed by atoms with E-state index in [4.69, 9.17) is 4.74 Å². The average molecular weight is 289 g/mol. The minimum atomic E-state index is -1.04. The van der Waals surface area contributed by atoms with Crippen molar-refractivity contribution in [1.82, 2.24) is 15.0 Å². The lowest BCUT2D eigenvalue weighted by Crippen LogP contribution is -2.11. The lowest BCUT2D eigenvalue weighted by Gasteiger charge is -2.07. The van der Waals surface area contributed by atoms with E-state index in [9.17, 15) is 13.6 Å². The van der Waals surface area contributed by atoms with Crippen molar-refractivity contribution in [1.29, 1.82) is 0 Å². The molecule has 0 atom stereocenters. The van der Waals surface area contributed by atoms with E-state index in [1.54, 1.807) is 0 Å². The van der Waals surface area contributed by atoms with Crippen molar-refractivity contribution < 1.29 is 13.5 Å². The van der Waals surface area contributed by atoms with Gasteiger partial charge in [0.05, 0.1) is 18.7 Å². The van der Waals surface area contributed by atoms with Gasteiger partial charge in [-0.15, -0.1) is 0 Å². The average Bonchev–Trinajstić information content (AvgIpc) is 2.49. The highest BCUT2D eigenvalue weighted by Crippen LogP contribution is 2.28. The lowest BCUT2D eigenvalue weighted by molar-refractivity contribution is 0.380. The van der Waals surface area contributed by atoms with Gasteiger partial charge in [-0.25, -0.2) is 8.78 Å². The van der Waals surface area contributed by atoms with Gasteiger partial charge >= 0.3 is 0 Å². The summed E-state index contributed by atoms with van der Waals surface area (Å²) in [7, 11) is 1.35. The maximum Gasteiger partial charge on any atom is 0.296 e. The van der Waals surface area contributed by atoms with E-state index >= 15 is 0 Å². The van der Waals surface area contributed by atoms with E-state index in [1.165, 1.54) is 31.6 Å². The molecular weight excluding hydrogens is 280 g/mol. The number of hydrogen-bond acceptors (Lipinski definition) is 4. The van der Waals surface area contributed by atoms with E-state index < -0.39 is 17.2 Å². The number of nitrogens with one attached hydrogen (secondary N) is 1. The Morgan fingerprint density at radius 2 is 2.00 bits per heavy atom. The van der Waals surface area contributed by atoms with Crippen LogP contribution >= 0.6 is 0 Å². The Hall–Kier alpha value is -2.83. The molecule has 0 bridgehead atoms. The smallest absolute Gasteiger partial charge is 0.296 e. The standard InChI is InChI=1S/C14H9F2N3O2/c1-21-14-18-10-6-17-5-8(11(10)13(20)19-14)7-3-2-4-9(15)12(7)16/h2-6H,1H3,(H,18,19,20). The zero-order valence-corrected chi connectivity index (χ0v) is 10.9. The molecule has 0 radical (unpaired) electrons. The highest BCUT2D eigenvalue weighted by molar-refractivity contribution is 5.93. The van der Waals surface area contributed by atoms with Crippen LogP contribution in [0.25, 0.3) is 22.0 Å². The van der Waals surface area contributed by atoms with Gasteiger partial charge in [0.15, 0.2) is 11.6 Å². The number of H-pyrrole nitrogens is 1. The Morgan fingerprint density at radius 1 is 1.19 bits per heavy atom. The molecule has 0 saturated carbocycles. The second-order valence-corrected chi connectivity index (χ2v) is 4.26. The number of aromatic nitrogens is 3. The highest BCUT2D eigenvalue weighted by Gasteiger charge is 2.16. The fourth-order valence-electron chi connectivity index (χ4n) is 2.08. The Bertz CT molecular complexity index is 893. The summed E-state index contributed by atoms with van der Waals surface area (Å²) < 4.78 is 32.2. The number of hydrogen-bond donors (Lipinski definition) is 1. The number of halogens is 2. The van der Waals surface area contributed by atoms with Crippen molar-refractivity contribution >= 4 is 10.9 Å². The van der Waals surface area contributed by atoms with Crippen LogP contribution in [0.5, 0.6) is 6.01 Å². The summed E-state index contributed by atoms with van der Waals surface area (Å²) in [5.41, 5.74) is -0.166. The molecule has 2 heterocycles. The van der Waals surface area contributed by atoms with E-state index in [-0.39, 0.29) is 28.0 Å². The number of fused-ring (bicyclic) bond motifs is 1. The molecule has 0 aliphatic carbocycles. The molecule has 7 heteroatoms. The van der Waals surface area contributed by atoms with Gasteiger partial charge in [0.1, 0.15) is 5.52 Å². The summed E-state index contributed by atoms with van der Waals surface area (Å²) in [6.45, 7) is 0. The molecule has 1 N–H and O–H groups in total. The second-order valence-electron chi connectivity index (χ2n) is 4.26. The summed E-state index contributed by atoms with van der Waals surface area (Å²) in [6, 6.07) is 3.75. The van der Waals surface area contributed by atoms with Gasteiger partial charge in [-0.2, -0.15) is 4.98 Å². The first-order chi connectivity index (χ1) is 10.1. The Balaban J connectivity index is 2.39. The summed E-state index contributed by atoms with van der Waals surface area (Å²) >= 11 is 0. The van der Waals surface area contributed by atoms with Gasteiger partial charge in [0.25, 0.3) is 11.6 Å². The van der Waals surface area contributed by atoms with Gasteiger partial charge in [-0.05, 0) is 6.07 Å². The normalized spacial score (nSPS) is 10.8. The van der Waals surface area contributed by atoms with Crippen LogP contribution in [-0.4, -0.2) is 22.1 Å². The molecule has 3 aromatic rings. The van der Waals surface area contributed by atoms with Crippen molar-refractivity contribution in [3.8, 4) is 17.1 Å². The van der Waals surface area contributed by atoms with E-state index in [2.05, 4.69) is 15.0 Å². The molecular formula is C14H9F2N3O2. The maximum atomic E-state index is 13.9. The van der Waals surface area contributed by atoms with Crippen LogP contribution in [0, 0.1) is 11.6 Å². The summed E-state index contributed by atoms with van der Waals surface area (Å²) in [4.78, 5) is 22.5. The zero-order chi connectivity index (χ0) is 15.0. The van der Waals surface area contributed by atoms with E-state index in [1.807, 2.05) is 0 Å². The first-order valence-electron chi connectivity index (χ1n) is 5.98. The number of ether oxygens (including phenoxy) is 1. The molecule has 0 aliphatic heterocycles. The molecule has 21 heavy (non-hydrogen) atoms.